The Labute approximate surface area is 140 Å². The van der Waals surface area contributed by atoms with Crippen LogP contribution in [0.1, 0.15) is 20.8 Å². The quantitative estimate of drug-likeness (QED) is 0.885. The minimum Gasteiger partial charge on any atom is -0.484 e. The van der Waals surface area contributed by atoms with Gasteiger partial charge in [0.05, 0.1) is 11.3 Å². The lowest BCUT2D eigenvalue weighted by atomic mass is 9.79. The number of tetrazole rings is 1. The van der Waals surface area contributed by atoms with Gasteiger partial charge in [-0.3, -0.25) is 4.79 Å². The van der Waals surface area contributed by atoms with Crippen LogP contribution < -0.4 is 4.74 Å². The molecule has 8 heteroatoms. The van der Waals surface area contributed by atoms with Gasteiger partial charge in [-0.15, -0.1) is 5.10 Å². The number of benzene rings is 1. The maximum Gasteiger partial charge on any atom is 0.260 e. The molecule has 1 saturated heterocycles. The first-order valence-corrected chi connectivity index (χ1v) is 7.75. The average Bonchev–Trinajstić information content (AvgIpc) is 3.12. The van der Waals surface area contributed by atoms with Crippen molar-refractivity contribution in [2.45, 2.75) is 26.4 Å². The first-order chi connectivity index (χ1) is 11.3. The largest absolute Gasteiger partial charge is 0.484 e. The van der Waals surface area contributed by atoms with Crippen LogP contribution in [0.15, 0.2) is 30.6 Å². The Hall–Kier alpha value is -2.48. The second-order valence-electron chi connectivity index (χ2n) is 6.94. The number of rotatable bonds is 4. The van der Waals surface area contributed by atoms with Gasteiger partial charge in [0.1, 0.15) is 12.1 Å². The Balaban J connectivity index is 1.57. The highest BCUT2D eigenvalue weighted by Crippen LogP contribution is 2.38. The fourth-order valence-electron chi connectivity index (χ4n) is 2.68. The molecule has 128 valence electrons. The van der Waals surface area contributed by atoms with Crippen LogP contribution in [0.5, 0.6) is 5.75 Å². The van der Waals surface area contributed by atoms with Crippen molar-refractivity contribution in [1.29, 1.82) is 0 Å². The first kappa shape index (κ1) is 16.4. The molecule has 1 atom stereocenters. The van der Waals surface area contributed by atoms with Crippen molar-refractivity contribution >= 4 is 5.91 Å². The van der Waals surface area contributed by atoms with Gasteiger partial charge in [0.2, 0.25) is 0 Å². The number of carbonyl (C=O) groups excluding carboxylic acids is 1. The number of hydrogen-bond acceptors (Lipinski definition) is 6. The summed E-state index contributed by atoms with van der Waals surface area (Å²) in [6.07, 6.45) is 1.50. The molecule has 1 aliphatic heterocycles. The summed E-state index contributed by atoms with van der Waals surface area (Å²) in [5, 5.41) is 21.4. The number of β-amino-alcohol motifs (C(OH)–C–C–N with tert-alkyl or cyclic N) is 1. The topological polar surface area (TPSA) is 93.4 Å². The molecule has 0 bridgehead atoms. The van der Waals surface area contributed by atoms with Crippen molar-refractivity contribution in [2.75, 3.05) is 19.7 Å². The van der Waals surface area contributed by atoms with E-state index in [2.05, 4.69) is 15.5 Å². The summed E-state index contributed by atoms with van der Waals surface area (Å²) in [6, 6.07) is 7.13. The van der Waals surface area contributed by atoms with Gasteiger partial charge < -0.3 is 14.7 Å². The normalized spacial score (nSPS) is 22.6. The molecule has 0 saturated carbocycles. The van der Waals surface area contributed by atoms with E-state index in [4.69, 9.17) is 4.74 Å². The zero-order valence-electron chi connectivity index (χ0n) is 14.0. The van der Waals surface area contributed by atoms with Gasteiger partial charge in [-0.05, 0) is 41.6 Å². The standard InChI is InChI=1S/C16H21N5O3/c1-15(2)9-20(10-16(15,3)23)14(22)8-24-13-6-4-12(5-7-13)21-11-17-18-19-21/h4-7,11,23H,8-10H2,1-3H3/t16-/m0/s1. The molecule has 1 aromatic carbocycles. The molecule has 1 aliphatic rings. The number of nitrogens with zero attached hydrogens (tertiary/aromatic N) is 5. The molecule has 1 aromatic heterocycles. The van der Waals surface area contributed by atoms with Crippen molar-refractivity contribution in [2.24, 2.45) is 5.41 Å². The Morgan fingerprint density at radius 3 is 2.50 bits per heavy atom. The van der Waals surface area contributed by atoms with Crippen molar-refractivity contribution in [1.82, 2.24) is 25.1 Å². The highest BCUT2D eigenvalue weighted by atomic mass is 16.5. The number of hydrogen-bond donors (Lipinski definition) is 1. The predicted molar refractivity (Wildman–Crippen MR) is 85.6 cm³/mol. The second kappa shape index (κ2) is 5.86. The smallest absolute Gasteiger partial charge is 0.260 e. The third kappa shape index (κ3) is 3.09. The lowest BCUT2D eigenvalue weighted by molar-refractivity contribution is -0.133. The number of carbonyl (C=O) groups is 1. The van der Waals surface area contributed by atoms with E-state index < -0.39 is 5.60 Å². The highest BCUT2D eigenvalue weighted by Gasteiger charge is 2.49. The fraction of sp³-hybridized carbons (Fsp3) is 0.500. The molecule has 0 radical (unpaired) electrons. The van der Waals surface area contributed by atoms with Crippen LogP contribution in [0.2, 0.25) is 0 Å². The van der Waals surface area contributed by atoms with Crippen LogP contribution in [0.25, 0.3) is 5.69 Å². The van der Waals surface area contributed by atoms with Gasteiger partial charge in [-0.25, -0.2) is 4.68 Å². The van der Waals surface area contributed by atoms with Gasteiger partial charge >= 0.3 is 0 Å². The van der Waals surface area contributed by atoms with E-state index in [0.717, 1.165) is 5.69 Å². The fourth-order valence-corrected chi connectivity index (χ4v) is 2.68. The van der Waals surface area contributed by atoms with Crippen LogP contribution in [-0.4, -0.2) is 61.4 Å². The summed E-state index contributed by atoms with van der Waals surface area (Å²) in [5.41, 5.74) is -0.428. The zero-order valence-corrected chi connectivity index (χ0v) is 14.0. The van der Waals surface area contributed by atoms with E-state index >= 15 is 0 Å². The SMILES string of the molecule is CC1(C)CN(C(=O)COc2ccc(-n3cnnn3)cc2)C[C@]1(C)O. The molecule has 1 fully saturated rings. The van der Waals surface area contributed by atoms with E-state index in [-0.39, 0.29) is 17.9 Å². The van der Waals surface area contributed by atoms with E-state index in [1.807, 2.05) is 13.8 Å². The van der Waals surface area contributed by atoms with Gasteiger partial charge in [0, 0.05) is 18.5 Å². The third-order valence-corrected chi connectivity index (χ3v) is 4.71. The van der Waals surface area contributed by atoms with Gasteiger partial charge in [-0.1, -0.05) is 13.8 Å². The first-order valence-electron chi connectivity index (χ1n) is 7.75. The predicted octanol–water partition coefficient (Wildman–Crippen LogP) is 0.660. The number of amides is 1. The molecular formula is C16H21N5O3. The van der Waals surface area contributed by atoms with Crippen molar-refractivity contribution < 1.29 is 14.6 Å². The zero-order chi connectivity index (χ0) is 17.4. The summed E-state index contributed by atoms with van der Waals surface area (Å²) < 4.78 is 7.09. The van der Waals surface area contributed by atoms with Crippen LogP contribution in [0.3, 0.4) is 0 Å². The minimum absolute atomic E-state index is 0.0591. The van der Waals surface area contributed by atoms with E-state index in [9.17, 15) is 9.90 Å². The van der Waals surface area contributed by atoms with E-state index in [1.54, 1.807) is 36.1 Å². The van der Waals surface area contributed by atoms with Crippen LogP contribution in [0, 0.1) is 5.41 Å². The van der Waals surface area contributed by atoms with Gasteiger partial charge in [0.25, 0.3) is 5.91 Å². The average molecular weight is 331 g/mol. The number of likely N-dealkylation sites (tertiary alicyclic amines) is 1. The van der Waals surface area contributed by atoms with Gasteiger partial charge in [0.15, 0.2) is 6.61 Å². The Morgan fingerprint density at radius 2 is 1.96 bits per heavy atom. The molecule has 8 nitrogen and oxygen atoms in total. The summed E-state index contributed by atoms with van der Waals surface area (Å²) in [6.45, 7) is 6.45. The second-order valence-corrected chi connectivity index (χ2v) is 6.94. The lowest BCUT2D eigenvalue weighted by Crippen LogP contribution is -2.40. The van der Waals surface area contributed by atoms with Crippen molar-refractivity contribution in [3.63, 3.8) is 0 Å². The van der Waals surface area contributed by atoms with Crippen molar-refractivity contribution in [3.05, 3.63) is 30.6 Å². The molecule has 0 spiro atoms. The maximum atomic E-state index is 12.3. The molecule has 0 unspecified atom stereocenters. The maximum absolute atomic E-state index is 12.3. The van der Waals surface area contributed by atoms with Crippen LogP contribution >= 0.6 is 0 Å². The molecule has 2 aromatic rings. The van der Waals surface area contributed by atoms with Crippen LogP contribution in [-0.2, 0) is 4.79 Å². The van der Waals surface area contributed by atoms with Gasteiger partial charge in [-0.2, -0.15) is 0 Å². The Kier molecular flexibility index (Phi) is 4.00. The summed E-state index contributed by atoms with van der Waals surface area (Å²) in [4.78, 5) is 14.0. The highest BCUT2D eigenvalue weighted by molar-refractivity contribution is 5.78. The number of ether oxygens (including phenoxy) is 1. The summed E-state index contributed by atoms with van der Waals surface area (Å²) in [5.74, 6) is 0.454. The molecule has 3 rings (SSSR count). The summed E-state index contributed by atoms with van der Waals surface area (Å²) >= 11 is 0. The monoisotopic (exact) mass is 331 g/mol. The molecule has 24 heavy (non-hydrogen) atoms. The summed E-state index contributed by atoms with van der Waals surface area (Å²) in [7, 11) is 0. The van der Waals surface area contributed by atoms with E-state index in [0.29, 0.717) is 18.8 Å². The third-order valence-electron chi connectivity index (χ3n) is 4.71. The minimum atomic E-state index is -0.893. The lowest BCUT2D eigenvalue weighted by Gasteiger charge is -2.30. The van der Waals surface area contributed by atoms with Crippen molar-refractivity contribution in [3.8, 4) is 11.4 Å². The molecule has 1 amide bonds. The molecule has 0 aliphatic carbocycles. The Morgan fingerprint density at radius 1 is 1.25 bits per heavy atom. The Bertz CT molecular complexity index is 694. The van der Waals surface area contributed by atoms with E-state index in [1.165, 1.54) is 11.0 Å². The number of aliphatic hydroxyl groups is 1. The van der Waals surface area contributed by atoms with Crippen LogP contribution in [0.4, 0.5) is 0 Å². The molecular weight excluding hydrogens is 310 g/mol. The number of aromatic nitrogens is 4. The molecule has 1 N–H and O–H groups in total. The molecule has 2 heterocycles.